The highest BCUT2D eigenvalue weighted by molar-refractivity contribution is 7.16. The van der Waals surface area contributed by atoms with Crippen LogP contribution in [0.4, 0.5) is 0 Å². The van der Waals surface area contributed by atoms with Gasteiger partial charge in [-0.2, -0.15) is 5.26 Å². The Morgan fingerprint density at radius 1 is 1.28 bits per heavy atom. The highest BCUT2D eigenvalue weighted by atomic mass is 32.1. The van der Waals surface area contributed by atoms with Gasteiger partial charge in [0.15, 0.2) is 12.4 Å². The van der Waals surface area contributed by atoms with E-state index in [0.29, 0.717) is 0 Å². The molecule has 0 spiro atoms. The van der Waals surface area contributed by atoms with Gasteiger partial charge in [0.2, 0.25) is 0 Å². The second kappa shape index (κ2) is 8.71. The van der Waals surface area contributed by atoms with Gasteiger partial charge in [-0.15, -0.1) is 11.3 Å². The zero-order chi connectivity index (χ0) is 18.2. The number of hydrogen-bond donors (Lipinski definition) is 1. The third-order valence-corrected chi connectivity index (χ3v) is 4.41. The van der Waals surface area contributed by atoms with Crippen molar-refractivity contribution in [2.24, 2.45) is 5.92 Å². The fraction of sp³-hybridized carbons (Fsp3) is 0.158. The molecule has 5 nitrogen and oxygen atoms in total. The van der Waals surface area contributed by atoms with Crippen molar-refractivity contribution in [3.05, 3.63) is 53.4 Å². The lowest BCUT2D eigenvalue weighted by molar-refractivity contribution is -0.143. The molecule has 1 atom stereocenters. The molecule has 0 aliphatic carbocycles. The molecular formula is C19H16N2O3S. The number of nitrogens with zero attached hydrogens (tertiary/aromatic N) is 1. The van der Waals surface area contributed by atoms with Crippen LogP contribution in [0.3, 0.4) is 0 Å². The Morgan fingerprint density at radius 3 is 2.64 bits per heavy atom. The Balaban J connectivity index is 1.91. The molecule has 1 heterocycles. The van der Waals surface area contributed by atoms with Crippen LogP contribution >= 0.6 is 11.3 Å². The normalized spacial score (nSPS) is 11.7. The van der Waals surface area contributed by atoms with E-state index >= 15 is 0 Å². The van der Waals surface area contributed by atoms with E-state index in [-0.39, 0.29) is 5.71 Å². The summed E-state index contributed by atoms with van der Waals surface area (Å²) < 4.78 is 4.83. The number of ketones is 1. The van der Waals surface area contributed by atoms with E-state index in [0.717, 1.165) is 15.3 Å². The number of nitriles is 1. The van der Waals surface area contributed by atoms with Crippen molar-refractivity contribution in [1.29, 1.82) is 10.7 Å². The van der Waals surface area contributed by atoms with Crippen molar-refractivity contribution in [2.45, 2.75) is 6.92 Å². The van der Waals surface area contributed by atoms with Crippen LogP contribution < -0.4 is 0 Å². The summed E-state index contributed by atoms with van der Waals surface area (Å²) in [6.07, 6.45) is 2.86. The van der Waals surface area contributed by atoms with Crippen molar-refractivity contribution >= 4 is 34.9 Å². The minimum Gasteiger partial charge on any atom is -0.454 e. The standard InChI is InChI=1S/C19H16N2O3S/c1-13(21)16(11-20)17(22)12-24-19(23)10-8-15-7-9-18(25-15)14-5-3-2-4-6-14/h2-10,16,21H,12H2,1H3/b10-8+,21-13?. The summed E-state index contributed by atoms with van der Waals surface area (Å²) in [6.45, 7) is 0.853. The van der Waals surface area contributed by atoms with Crippen molar-refractivity contribution in [3.63, 3.8) is 0 Å². The van der Waals surface area contributed by atoms with E-state index in [2.05, 4.69) is 0 Å². The topological polar surface area (TPSA) is 91.0 Å². The average Bonchev–Trinajstić information content (AvgIpc) is 3.08. The quantitative estimate of drug-likeness (QED) is 0.467. The predicted octanol–water partition coefficient (Wildman–Crippen LogP) is 3.72. The molecule has 0 saturated heterocycles. The molecule has 0 radical (unpaired) electrons. The Morgan fingerprint density at radius 2 is 2.00 bits per heavy atom. The maximum absolute atomic E-state index is 11.7. The van der Waals surface area contributed by atoms with Crippen molar-refractivity contribution in [1.82, 2.24) is 0 Å². The summed E-state index contributed by atoms with van der Waals surface area (Å²) in [4.78, 5) is 25.3. The smallest absolute Gasteiger partial charge is 0.331 e. The van der Waals surface area contributed by atoms with Gasteiger partial charge < -0.3 is 10.1 Å². The summed E-state index contributed by atoms with van der Waals surface area (Å²) in [5.74, 6) is -2.43. The molecule has 2 rings (SSSR count). The number of ether oxygens (including phenoxy) is 1. The lowest BCUT2D eigenvalue weighted by Crippen LogP contribution is -2.25. The molecule has 6 heteroatoms. The number of hydrogen-bond acceptors (Lipinski definition) is 6. The number of Topliss-reactive ketones (excluding diaryl/α,β-unsaturated/α-hetero) is 1. The monoisotopic (exact) mass is 352 g/mol. The van der Waals surface area contributed by atoms with Gasteiger partial charge in [-0.3, -0.25) is 4.79 Å². The molecule has 0 aliphatic heterocycles. The highest BCUT2D eigenvalue weighted by Crippen LogP contribution is 2.28. The van der Waals surface area contributed by atoms with Crippen LogP contribution in [0, 0.1) is 22.7 Å². The van der Waals surface area contributed by atoms with Gasteiger partial charge in [0.1, 0.15) is 5.92 Å². The van der Waals surface area contributed by atoms with Crippen LogP contribution in [-0.4, -0.2) is 24.1 Å². The number of benzene rings is 1. The van der Waals surface area contributed by atoms with Crippen molar-refractivity contribution in [3.8, 4) is 16.5 Å². The number of carbonyl (C=O) groups is 2. The summed E-state index contributed by atoms with van der Waals surface area (Å²) in [5, 5.41) is 16.2. The van der Waals surface area contributed by atoms with Gasteiger partial charge in [0, 0.05) is 21.5 Å². The summed E-state index contributed by atoms with van der Waals surface area (Å²) in [5.41, 5.74) is 1.04. The number of esters is 1. The van der Waals surface area contributed by atoms with E-state index in [1.54, 1.807) is 12.1 Å². The van der Waals surface area contributed by atoms with Crippen molar-refractivity contribution < 1.29 is 14.3 Å². The zero-order valence-corrected chi connectivity index (χ0v) is 14.4. The first kappa shape index (κ1) is 18.3. The fourth-order valence-corrected chi connectivity index (χ4v) is 2.95. The van der Waals surface area contributed by atoms with Gasteiger partial charge >= 0.3 is 5.97 Å². The van der Waals surface area contributed by atoms with Gasteiger partial charge in [0.05, 0.1) is 6.07 Å². The molecular weight excluding hydrogens is 336 g/mol. The molecule has 0 bridgehead atoms. The maximum Gasteiger partial charge on any atom is 0.331 e. The Labute approximate surface area is 149 Å². The van der Waals surface area contributed by atoms with E-state index in [1.165, 1.54) is 24.3 Å². The highest BCUT2D eigenvalue weighted by Gasteiger charge is 2.20. The second-order valence-electron chi connectivity index (χ2n) is 5.22. The number of thiophene rings is 1. The first-order valence-corrected chi connectivity index (χ1v) is 8.30. The van der Waals surface area contributed by atoms with Gasteiger partial charge in [-0.25, -0.2) is 4.79 Å². The zero-order valence-electron chi connectivity index (χ0n) is 13.6. The van der Waals surface area contributed by atoms with E-state index < -0.39 is 24.3 Å². The molecule has 0 amide bonds. The van der Waals surface area contributed by atoms with Crippen LogP contribution in [0.1, 0.15) is 11.8 Å². The predicted molar refractivity (Wildman–Crippen MR) is 97.3 cm³/mol. The van der Waals surface area contributed by atoms with E-state index in [4.69, 9.17) is 15.4 Å². The second-order valence-corrected chi connectivity index (χ2v) is 6.34. The van der Waals surface area contributed by atoms with E-state index in [9.17, 15) is 9.59 Å². The molecule has 1 N–H and O–H groups in total. The molecule has 0 saturated carbocycles. The number of nitrogens with one attached hydrogen (secondary N) is 1. The van der Waals surface area contributed by atoms with Crippen LogP contribution in [0.15, 0.2) is 48.5 Å². The summed E-state index contributed by atoms with van der Waals surface area (Å²) in [6, 6.07) is 15.5. The lowest BCUT2D eigenvalue weighted by Gasteiger charge is -2.05. The molecule has 2 aromatic rings. The summed E-state index contributed by atoms with van der Waals surface area (Å²) >= 11 is 1.53. The Bertz CT molecular complexity index is 847. The van der Waals surface area contributed by atoms with Crippen LogP contribution in [0.2, 0.25) is 0 Å². The molecule has 0 fully saturated rings. The van der Waals surface area contributed by atoms with Gasteiger partial charge in [-0.05, 0) is 30.7 Å². The fourth-order valence-electron chi connectivity index (χ4n) is 2.03. The average molecular weight is 352 g/mol. The SMILES string of the molecule is CC(=N)C(C#N)C(=O)COC(=O)/C=C/c1ccc(-c2ccccc2)s1. The Kier molecular flexibility index (Phi) is 6.38. The van der Waals surface area contributed by atoms with Gasteiger partial charge in [-0.1, -0.05) is 30.3 Å². The van der Waals surface area contributed by atoms with Gasteiger partial charge in [0.25, 0.3) is 0 Å². The van der Waals surface area contributed by atoms with Crippen molar-refractivity contribution in [2.75, 3.05) is 6.61 Å². The summed E-state index contributed by atoms with van der Waals surface area (Å²) in [7, 11) is 0. The minimum atomic E-state index is -1.16. The first-order valence-electron chi connectivity index (χ1n) is 7.48. The third kappa shape index (κ3) is 5.23. The largest absolute Gasteiger partial charge is 0.454 e. The third-order valence-electron chi connectivity index (χ3n) is 3.31. The lowest BCUT2D eigenvalue weighted by atomic mass is 10.0. The number of carbonyl (C=O) groups excluding carboxylic acids is 2. The molecule has 1 unspecified atom stereocenters. The van der Waals surface area contributed by atoms with Crippen LogP contribution in [-0.2, 0) is 14.3 Å². The maximum atomic E-state index is 11.7. The Hall–Kier alpha value is -3.04. The molecule has 1 aromatic heterocycles. The van der Waals surface area contributed by atoms with Crippen LogP contribution in [0.25, 0.3) is 16.5 Å². The molecule has 126 valence electrons. The van der Waals surface area contributed by atoms with Crippen LogP contribution in [0.5, 0.6) is 0 Å². The minimum absolute atomic E-state index is 0.0638. The molecule has 1 aromatic carbocycles. The van der Waals surface area contributed by atoms with E-state index in [1.807, 2.05) is 42.5 Å². The molecule has 0 aliphatic rings. The first-order chi connectivity index (χ1) is 12.0. The molecule has 25 heavy (non-hydrogen) atoms. The number of rotatable bonds is 7.